The van der Waals surface area contributed by atoms with Crippen LogP contribution in [-0.2, 0) is 23.9 Å². The number of hydrogen-bond acceptors (Lipinski definition) is 10. The van der Waals surface area contributed by atoms with Crippen LogP contribution in [0.25, 0.3) is 0 Å². The molecule has 10 nitrogen and oxygen atoms in total. The molecule has 11 heteroatoms. The van der Waals surface area contributed by atoms with Crippen molar-refractivity contribution in [3.8, 4) is 0 Å². The fourth-order valence-electron chi connectivity index (χ4n) is 4.51. The lowest BCUT2D eigenvalue weighted by atomic mass is 9.52. The van der Waals surface area contributed by atoms with Crippen LogP contribution in [0.1, 0.15) is 83.1 Å². The highest BCUT2D eigenvalue weighted by atomic mass is 79.9. The van der Waals surface area contributed by atoms with Gasteiger partial charge < -0.3 is 30.3 Å². The third-order valence-electron chi connectivity index (χ3n) is 6.56. The minimum atomic E-state index is -3.83. The van der Waals surface area contributed by atoms with Gasteiger partial charge in [-0.1, -0.05) is 83.1 Å². The zero-order valence-corrected chi connectivity index (χ0v) is 25.4. The minimum absolute atomic E-state index is 0.973. The van der Waals surface area contributed by atoms with E-state index in [0.29, 0.717) is 0 Å². The molecule has 37 heavy (non-hydrogen) atoms. The van der Waals surface area contributed by atoms with Gasteiger partial charge in [0, 0.05) is 21.7 Å². The van der Waals surface area contributed by atoms with Gasteiger partial charge in [-0.2, -0.15) is 0 Å². The van der Waals surface area contributed by atoms with Gasteiger partial charge in [-0.25, -0.2) is 0 Å². The fourth-order valence-corrected chi connectivity index (χ4v) is 5.18. The van der Waals surface area contributed by atoms with E-state index in [4.69, 9.17) is 4.74 Å². The summed E-state index contributed by atoms with van der Waals surface area (Å²) in [5, 5.41) is 59.1. The van der Waals surface area contributed by atoms with Crippen molar-refractivity contribution in [2.45, 2.75) is 117 Å². The van der Waals surface area contributed by atoms with Gasteiger partial charge in [-0.05, 0) is 15.9 Å². The molecule has 1 aliphatic heterocycles. The highest BCUT2D eigenvalue weighted by Gasteiger charge is 2.86. The maximum absolute atomic E-state index is 14.0. The first-order valence-corrected chi connectivity index (χ1v) is 12.8. The summed E-state index contributed by atoms with van der Waals surface area (Å²) in [5.41, 5.74) is -17.2. The monoisotopic (exact) mass is 594 g/mol. The Hall–Kier alpha value is -1.08. The second kappa shape index (κ2) is 9.25. The zero-order valence-electron chi connectivity index (χ0n) is 23.8. The standard InChI is InChI=1S/C26H43BrO10/c1-19(2,3)14(29)13(28)15-23(33,16(30)20(4,5)6)24(34,17(31)21(7,8)9)25(35,26(27,36)37-15)18(32)22(10,11)12/h13,15,28,33-36H,1-12H3/t13?,15-,23+,24+,25-,26-/m1/s1. The van der Waals surface area contributed by atoms with Gasteiger partial charge in [0.1, 0.15) is 12.2 Å². The maximum atomic E-state index is 14.0. The van der Waals surface area contributed by atoms with E-state index < -0.39 is 78.5 Å². The molecule has 0 radical (unpaired) electrons. The van der Waals surface area contributed by atoms with Crippen LogP contribution in [0.15, 0.2) is 0 Å². The quantitative estimate of drug-likeness (QED) is 0.292. The van der Waals surface area contributed by atoms with Crippen molar-refractivity contribution in [2.75, 3.05) is 0 Å². The van der Waals surface area contributed by atoms with Crippen LogP contribution < -0.4 is 0 Å². The smallest absolute Gasteiger partial charge is 0.265 e. The summed E-state index contributed by atoms with van der Waals surface area (Å²) in [7, 11) is 0. The number of carbonyl (C=O) groups excluding carboxylic acids is 4. The topological polar surface area (TPSA) is 179 Å². The van der Waals surface area contributed by atoms with Gasteiger partial charge in [0.15, 0.2) is 28.7 Å². The lowest BCUT2D eigenvalue weighted by molar-refractivity contribution is -0.380. The number of ether oxygens (including phenoxy) is 1. The van der Waals surface area contributed by atoms with Crippen molar-refractivity contribution < 1.29 is 49.4 Å². The Balaban J connectivity index is 4.47. The number of rotatable bonds is 5. The summed E-state index contributed by atoms with van der Waals surface area (Å²) in [4.78, 5) is 54.9. The summed E-state index contributed by atoms with van der Waals surface area (Å²) in [6.07, 6.45) is -4.89. The van der Waals surface area contributed by atoms with E-state index in [-0.39, 0.29) is 0 Å². The lowest BCUT2D eigenvalue weighted by Gasteiger charge is -2.62. The van der Waals surface area contributed by atoms with E-state index in [0.717, 1.165) is 0 Å². The average Bonchev–Trinajstić information content (AvgIpc) is 2.69. The molecule has 0 spiro atoms. The first-order chi connectivity index (χ1) is 15.9. The van der Waals surface area contributed by atoms with Gasteiger partial charge in [-0.3, -0.25) is 19.2 Å². The van der Waals surface area contributed by atoms with Crippen LogP contribution >= 0.6 is 15.9 Å². The maximum Gasteiger partial charge on any atom is 0.265 e. The second-order valence-electron chi connectivity index (χ2n) is 14.1. The molecular weight excluding hydrogens is 552 g/mol. The largest absolute Gasteiger partial charge is 0.382 e. The normalized spacial score (nSPS) is 34.6. The zero-order chi connectivity index (χ0) is 30.2. The van der Waals surface area contributed by atoms with E-state index in [2.05, 4.69) is 15.9 Å². The molecule has 0 amide bonds. The number of ketones is 4. The van der Waals surface area contributed by atoms with Gasteiger partial charge in [-0.15, -0.1) is 0 Å². The Morgan fingerprint density at radius 1 is 0.649 bits per heavy atom. The molecule has 0 aromatic carbocycles. The van der Waals surface area contributed by atoms with Gasteiger partial charge >= 0.3 is 0 Å². The number of alkyl halides is 1. The van der Waals surface area contributed by atoms with Gasteiger partial charge in [0.25, 0.3) is 4.70 Å². The molecule has 1 aliphatic rings. The fraction of sp³-hybridized carbons (Fsp3) is 0.846. The van der Waals surface area contributed by atoms with Crippen LogP contribution in [0.2, 0.25) is 0 Å². The molecule has 214 valence electrons. The minimum Gasteiger partial charge on any atom is -0.382 e. The molecule has 0 saturated carbocycles. The molecule has 1 rings (SSSR count). The Kier molecular flexibility index (Phi) is 8.48. The van der Waals surface area contributed by atoms with Crippen LogP contribution in [0.3, 0.4) is 0 Å². The van der Waals surface area contributed by atoms with E-state index in [9.17, 15) is 44.7 Å². The molecule has 0 aromatic rings. The molecule has 1 saturated heterocycles. The van der Waals surface area contributed by atoms with Crippen LogP contribution in [0.4, 0.5) is 0 Å². The van der Waals surface area contributed by atoms with Crippen molar-refractivity contribution in [3.05, 3.63) is 0 Å². The number of carbonyl (C=O) groups is 4. The van der Waals surface area contributed by atoms with E-state index in [1.165, 1.54) is 83.1 Å². The predicted molar refractivity (Wildman–Crippen MR) is 137 cm³/mol. The van der Waals surface area contributed by atoms with Crippen LogP contribution in [0.5, 0.6) is 0 Å². The van der Waals surface area contributed by atoms with E-state index >= 15 is 0 Å². The molecule has 0 aliphatic carbocycles. The number of aliphatic hydroxyl groups is 5. The molecule has 0 aromatic heterocycles. The summed E-state index contributed by atoms with van der Waals surface area (Å²) in [6, 6.07) is 0. The third kappa shape index (κ3) is 5.01. The molecule has 5 N–H and O–H groups in total. The van der Waals surface area contributed by atoms with Gasteiger partial charge in [0.2, 0.25) is 11.2 Å². The first-order valence-electron chi connectivity index (χ1n) is 12.0. The van der Waals surface area contributed by atoms with Crippen molar-refractivity contribution in [1.29, 1.82) is 0 Å². The average molecular weight is 596 g/mol. The third-order valence-corrected chi connectivity index (χ3v) is 7.32. The lowest BCUT2D eigenvalue weighted by Crippen LogP contribution is -2.91. The molecule has 6 atom stereocenters. The van der Waals surface area contributed by atoms with Crippen molar-refractivity contribution in [1.82, 2.24) is 0 Å². The molecule has 0 bridgehead atoms. The van der Waals surface area contributed by atoms with Crippen molar-refractivity contribution in [2.24, 2.45) is 21.7 Å². The Bertz CT molecular complexity index is 975. The summed E-state index contributed by atoms with van der Waals surface area (Å²) < 4.78 is 2.07. The number of Topliss-reactive ketones (excluding diaryl/α,β-unsaturated/α-hetero) is 4. The van der Waals surface area contributed by atoms with E-state index in [1.807, 2.05) is 0 Å². The molecule has 1 fully saturated rings. The predicted octanol–water partition coefficient (Wildman–Crippen LogP) is 1.44. The highest BCUT2D eigenvalue weighted by Crippen LogP contribution is 2.57. The van der Waals surface area contributed by atoms with Crippen LogP contribution in [-0.4, -0.2) is 82.4 Å². The highest BCUT2D eigenvalue weighted by molar-refractivity contribution is 9.10. The van der Waals surface area contributed by atoms with Crippen molar-refractivity contribution >= 4 is 39.1 Å². The Morgan fingerprint density at radius 2 is 0.973 bits per heavy atom. The van der Waals surface area contributed by atoms with Crippen molar-refractivity contribution in [3.63, 3.8) is 0 Å². The molecule has 1 heterocycles. The Labute approximate surface area is 226 Å². The van der Waals surface area contributed by atoms with Crippen LogP contribution in [0, 0.1) is 21.7 Å². The molecule has 1 unspecified atom stereocenters. The number of halogens is 1. The Morgan fingerprint density at radius 3 is 1.27 bits per heavy atom. The SMILES string of the molecule is CC(C)(C)C(=O)C(O)[C@H]1O[C@@](O)(Br)[C@@](O)(C(=O)C(C)(C)C)[C@](O)(C(=O)C(C)(C)C)[C@@]1(O)C(=O)C(C)(C)C. The summed E-state index contributed by atoms with van der Waals surface area (Å²) in [6.45, 7) is 16.1. The first kappa shape index (κ1) is 33.9. The number of aliphatic hydroxyl groups excluding tert-OH is 1. The summed E-state index contributed by atoms with van der Waals surface area (Å²) in [5.74, 6) is -5.08. The number of hydrogen-bond donors (Lipinski definition) is 5. The second-order valence-corrected chi connectivity index (χ2v) is 15.2. The summed E-state index contributed by atoms with van der Waals surface area (Å²) >= 11 is 2.68. The van der Waals surface area contributed by atoms with Gasteiger partial charge in [0.05, 0.1) is 0 Å². The molecular formula is C26H43BrO10. The van der Waals surface area contributed by atoms with E-state index in [1.54, 1.807) is 0 Å².